The lowest BCUT2D eigenvalue weighted by Gasteiger charge is -2.24. The summed E-state index contributed by atoms with van der Waals surface area (Å²) < 4.78 is 24.2. The Bertz CT molecular complexity index is 499. The van der Waals surface area contributed by atoms with Crippen molar-refractivity contribution < 1.29 is 13.6 Å². The Morgan fingerprint density at radius 2 is 1.55 bits per heavy atom. The number of benzene rings is 1. The van der Waals surface area contributed by atoms with E-state index in [0.717, 1.165) is 29.3 Å². The zero-order valence-corrected chi connectivity index (χ0v) is 14.5. The lowest BCUT2D eigenvalue weighted by Crippen LogP contribution is -2.21. The zero-order valence-electron chi connectivity index (χ0n) is 13.6. The maximum atomic E-state index is 13.1. The van der Waals surface area contributed by atoms with E-state index in [1.165, 1.54) is 11.1 Å². The molecule has 0 saturated carbocycles. The van der Waals surface area contributed by atoms with Gasteiger partial charge in [0.05, 0.1) is 18.5 Å². The van der Waals surface area contributed by atoms with Gasteiger partial charge in [-0.25, -0.2) is 0 Å². The van der Waals surface area contributed by atoms with E-state index in [1.54, 1.807) is 0 Å². The van der Waals surface area contributed by atoms with Gasteiger partial charge >= 0.3 is 7.60 Å². The Kier molecular flexibility index (Phi) is 6.44. The van der Waals surface area contributed by atoms with Gasteiger partial charge in [-0.2, -0.15) is 0 Å². The van der Waals surface area contributed by atoms with Gasteiger partial charge in [0.15, 0.2) is 0 Å². The minimum Gasteiger partial charge on any atom is -0.305 e. The first-order valence-corrected chi connectivity index (χ1v) is 9.00. The molecule has 20 heavy (non-hydrogen) atoms. The van der Waals surface area contributed by atoms with Gasteiger partial charge < -0.3 is 9.05 Å². The van der Waals surface area contributed by atoms with E-state index in [9.17, 15) is 4.57 Å². The predicted molar refractivity (Wildman–Crippen MR) is 85.2 cm³/mol. The van der Waals surface area contributed by atoms with Crippen molar-refractivity contribution in [1.82, 2.24) is 0 Å². The van der Waals surface area contributed by atoms with E-state index in [4.69, 9.17) is 9.05 Å². The molecular formula is C16H27O3P. The smallest absolute Gasteiger partial charge is 0.305 e. The Labute approximate surface area is 123 Å². The van der Waals surface area contributed by atoms with Crippen LogP contribution >= 0.6 is 7.60 Å². The van der Waals surface area contributed by atoms with Crippen molar-refractivity contribution in [2.45, 2.75) is 54.4 Å². The van der Waals surface area contributed by atoms with E-state index in [1.807, 2.05) is 20.8 Å². The summed E-state index contributed by atoms with van der Waals surface area (Å²) in [5, 5.41) is 0.776. The highest BCUT2D eigenvalue weighted by Crippen LogP contribution is 2.49. The molecular weight excluding hydrogens is 271 g/mol. The molecule has 114 valence electrons. The van der Waals surface area contributed by atoms with Crippen molar-refractivity contribution in [3.63, 3.8) is 0 Å². The Hall–Kier alpha value is -0.630. The van der Waals surface area contributed by atoms with Gasteiger partial charge in [0.25, 0.3) is 0 Å². The molecule has 1 rings (SSSR count). The largest absolute Gasteiger partial charge is 0.361 e. The quantitative estimate of drug-likeness (QED) is 0.703. The fourth-order valence-electron chi connectivity index (χ4n) is 2.73. The molecule has 0 radical (unpaired) electrons. The Morgan fingerprint density at radius 3 is 1.95 bits per heavy atom. The second kappa shape index (κ2) is 7.40. The number of rotatable bonds is 7. The Balaban J connectivity index is 3.57. The van der Waals surface area contributed by atoms with Crippen molar-refractivity contribution in [3.8, 4) is 0 Å². The van der Waals surface area contributed by atoms with Gasteiger partial charge in [-0.15, -0.1) is 0 Å². The van der Waals surface area contributed by atoms with Gasteiger partial charge in [-0.05, 0) is 62.8 Å². The van der Waals surface area contributed by atoms with Crippen LogP contribution in [0.5, 0.6) is 0 Å². The first kappa shape index (κ1) is 17.4. The van der Waals surface area contributed by atoms with Crippen LogP contribution in [0.3, 0.4) is 0 Å². The van der Waals surface area contributed by atoms with E-state index in [0.29, 0.717) is 13.2 Å². The molecule has 0 saturated heterocycles. The van der Waals surface area contributed by atoms with Gasteiger partial charge in [-0.1, -0.05) is 19.9 Å². The van der Waals surface area contributed by atoms with Gasteiger partial charge in [0, 0.05) is 0 Å². The maximum Gasteiger partial charge on any atom is 0.361 e. The molecule has 4 heteroatoms. The van der Waals surface area contributed by atoms with Crippen molar-refractivity contribution in [1.29, 1.82) is 0 Å². The number of hydrogen-bond acceptors (Lipinski definition) is 3. The van der Waals surface area contributed by atoms with Crippen LogP contribution in [0.4, 0.5) is 0 Å². The fourth-order valence-corrected chi connectivity index (χ4v) is 4.90. The van der Waals surface area contributed by atoms with Crippen LogP contribution in [0, 0.1) is 13.8 Å². The molecule has 0 atom stereocenters. The molecule has 0 aliphatic rings. The highest BCUT2D eigenvalue weighted by Gasteiger charge is 2.32. The molecule has 0 aliphatic carbocycles. The molecule has 0 heterocycles. The van der Waals surface area contributed by atoms with Crippen LogP contribution < -0.4 is 5.30 Å². The first-order chi connectivity index (χ1) is 9.45. The number of aryl methyl sites for hydroxylation is 2. The van der Waals surface area contributed by atoms with Crippen LogP contribution in [0.2, 0.25) is 0 Å². The summed E-state index contributed by atoms with van der Waals surface area (Å²) in [5.41, 5.74) is 4.65. The second-order valence-electron chi connectivity index (χ2n) is 4.84. The first-order valence-electron chi connectivity index (χ1n) is 7.46. The lowest BCUT2D eigenvalue weighted by molar-refractivity contribution is 0.229. The highest BCUT2D eigenvalue weighted by molar-refractivity contribution is 7.62. The summed E-state index contributed by atoms with van der Waals surface area (Å²) in [5.74, 6) is 0. The molecule has 0 bridgehead atoms. The van der Waals surface area contributed by atoms with Crippen LogP contribution in [0.25, 0.3) is 0 Å². The van der Waals surface area contributed by atoms with E-state index in [2.05, 4.69) is 26.8 Å². The molecule has 1 aromatic carbocycles. The maximum absolute atomic E-state index is 13.1. The van der Waals surface area contributed by atoms with Gasteiger partial charge in [-0.3, -0.25) is 4.57 Å². The van der Waals surface area contributed by atoms with Crippen LogP contribution in [-0.2, 0) is 26.5 Å². The highest BCUT2D eigenvalue weighted by atomic mass is 31.2. The van der Waals surface area contributed by atoms with E-state index in [-0.39, 0.29) is 0 Å². The summed E-state index contributed by atoms with van der Waals surface area (Å²) in [6.07, 6.45) is 1.81. The minimum absolute atomic E-state index is 0.383. The average Bonchev–Trinajstić information content (AvgIpc) is 2.40. The van der Waals surface area contributed by atoms with Gasteiger partial charge in [0.2, 0.25) is 0 Å². The molecule has 0 amide bonds. The van der Waals surface area contributed by atoms with Crippen molar-refractivity contribution in [3.05, 3.63) is 28.3 Å². The third-order valence-electron chi connectivity index (χ3n) is 3.59. The summed E-state index contributed by atoms with van der Waals surface area (Å²) in [6.45, 7) is 12.8. The zero-order chi connectivity index (χ0) is 15.3. The molecule has 0 spiro atoms. The third-order valence-corrected chi connectivity index (χ3v) is 5.96. The van der Waals surface area contributed by atoms with Crippen molar-refractivity contribution in [2.24, 2.45) is 0 Å². The predicted octanol–water partition coefficient (Wildman–Crippen LogP) is 4.32. The molecule has 0 fully saturated rings. The number of hydrogen-bond donors (Lipinski definition) is 0. The van der Waals surface area contributed by atoms with Crippen molar-refractivity contribution in [2.75, 3.05) is 13.2 Å². The third kappa shape index (κ3) is 3.33. The molecule has 0 aromatic heterocycles. The minimum atomic E-state index is -3.22. The molecule has 0 unspecified atom stereocenters. The van der Waals surface area contributed by atoms with E-state index < -0.39 is 7.60 Å². The average molecular weight is 298 g/mol. The Morgan fingerprint density at radius 1 is 1.00 bits per heavy atom. The molecule has 0 aliphatic heterocycles. The summed E-state index contributed by atoms with van der Waals surface area (Å²) in [6, 6.07) is 2.12. The monoisotopic (exact) mass is 298 g/mol. The normalized spacial score (nSPS) is 11.9. The molecule has 3 nitrogen and oxygen atoms in total. The van der Waals surface area contributed by atoms with Crippen LogP contribution in [0.1, 0.15) is 49.9 Å². The standard InChI is InChI=1S/C16H27O3P/c1-7-14-11-12(5)16(15(8-2)13(14)6)20(17,18-9-3)19-10-4/h11H,7-10H2,1-6H3. The lowest BCUT2D eigenvalue weighted by atomic mass is 9.96. The molecule has 0 N–H and O–H groups in total. The fraction of sp³-hybridized carbons (Fsp3) is 0.625. The van der Waals surface area contributed by atoms with E-state index >= 15 is 0 Å². The summed E-state index contributed by atoms with van der Waals surface area (Å²) in [7, 11) is -3.22. The SMILES string of the molecule is CCOP(=O)(OCC)c1c(C)cc(CC)c(C)c1CC. The second-order valence-corrected chi connectivity index (χ2v) is 6.80. The summed E-state index contributed by atoms with van der Waals surface area (Å²) >= 11 is 0. The molecule has 1 aromatic rings. The van der Waals surface area contributed by atoms with Crippen LogP contribution in [-0.4, -0.2) is 13.2 Å². The van der Waals surface area contributed by atoms with Crippen molar-refractivity contribution >= 4 is 12.9 Å². The van der Waals surface area contributed by atoms with Gasteiger partial charge in [0.1, 0.15) is 0 Å². The topological polar surface area (TPSA) is 35.5 Å². The van der Waals surface area contributed by atoms with Crippen LogP contribution in [0.15, 0.2) is 6.07 Å². The summed E-state index contributed by atoms with van der Waals surface area (Å²) in [4.78, 5) is 0.